The van der Waals surface area contributed by atoms with Gasteiger partial charge in [0.2, 0.25) is 0 Å². The minimum atomic E-state index is -4.74. The van der Waals surface area contributed by atoms with Crippen LogP contribution in [0.4, 0.5) is 13.2 Å². The largest absolute Gasteiger partial charge is 0.573 e. The zero-order valence-electron chi connectivity index (χ0n) is 21.6. The van der Waals surface area contributed by atoms with E-state index in [0.29, 0.717) is 11.3 Å². The Kier molecular flexibility index (Phi) is 12.3. The molecule has 11 nitrogen and oxygen atoms in total. The number of nitrogens with zero attached hydrogens (tertiary/aromatic N) is 4. The predicted molar refractivity (Wildman–Crippen MR) is 166 cm³/mol. The number of rotatable bonds is 3. The van der Waals surface area contributed by atoms with E-state index in [1.54, 1.807) is 18.5 Å². The maximum atomic E-state index is 11.7. The summed E-state index contributed by atoms with van der Waals surface area (Å²) < 4.78 is 42.4. The lowest BCUT2D eigenvalue weighted by molar-refractivity contribution is -0.274. The molecule has 4 N–H and O–H groups in total. The van der Waals surface area contributed by atoms with Crippen LogP contribution in [0.5, 0.6) is 5.75 Å². The Balaban J connectivity index is 0.000000230. The molecule has 0 aliphatic carbocycles. The van der Waals surface area contributed by atoms with Gasteiger partial charge in [0.25, 0.3) is 0 Å². The van der Waals surface area contributed by atoms with Crippen LogP contribution in [0.3, 0.4) is 0 Å². The van der Waals surface area contributed by atoms with Gasteiger partial charge in [-0.3, -0.25) is 0 Å². The lowest BCUT2D eigenvalue weighted by Gasteiger charge is -2.08. The monoisotopic (exact) mass is 676 g/mol. The highest BCUT2D eigenvalue weighted by Gasteiger charge is 2.31. The molecule has 0 saturated heterocycles. The Morgan fingerprint density at radius 3 is 1.80 bits per heavy atom. The molecule has 6 aromatic rings. The van der Waals surface area contributed by atoms with Gasteiger partial charge in [0.05, 0.1) is 0 Å². The molecular formula is C28H29BBrF3N6O5. The molecule has 44 heavy (non-hydrogen) atoms. The molecule has 0 amide bonds. The third kappa shape index (κ3) is 9.42. The normalized spacial score (nSPS) is 10.4. The fourth-order valence-corrected chi connectivity index (χ4v) is 3.88. The molecule has 0 aliphatic heterocycles. The summed E-state index contributed by atoms with van der Waals surface area (Å²) in [5.41, 5.74) is 4.22. The molecule has 0 radical (unpaired) electrons. The number of alkyl halides is 3. The molecule has 4 heterocycles. The van der Waals surface area contributed by atoms with Crippen molar-refractivity contribution in [2.45, 2.75) is 28.1 Å². The summed E-state index contributed by atoms with van der Waals surface area (Å²) in [7, 11) is -1.70. The quantitative estimate of drug-likeness (QED) is 0.204. The number of benzene rings is 2. The highest BCUT2D eigenvalue weighted by atomic mass is 79.9. The zero-order valence-corrected chi connectivity index (χ0v) is 23.2. The van der Waals surface area contributed by atoms with Gasteiger partial charge < -0.3 is 14.8 Å². The maximum Gasteiger partial charge on any atom is 0.573 e. The van der Waals surface area contributed by atoms with E-state index in [9.17, 15) is 22.8 Å². The first kappa shape index (κ1) is 35.5. The summed E-state index contributed by atoms with van der Waals surface area (Å²) in [6.07, 6.45) is -1.27. The van der Waals surface area contributed by atoms with Crippen LogP contribution in [0.15, 0.2) is 99.3 Å². The van der Waals surface area contributed by atoms with Crippen molar-refractivity contribution >= 4 is 39.8 Å². The van der Waals surface area contributed by atoms with Crippen LogP contribution in [0.1, 0.15) is 20.4 Å². The van der Waals surface area contributed by atoms with Crippen LogP contribution < -0.4 is 21.6 Å². The average molecular weight is 677 g/mol. The maximum absolute atomic E-state index is 11.7. The minimum Gasteiger partial charge on any atom is -0.423 e. The Morgan fingerprint density at radius 1 is 0.773 bits per heavy atom. The molecule has 16 heteroatoms. The second-order valence-electron chi connectivity index (χ2n) is 8.64. The number of pyridine rings is 2. The number of fused-ring (bicyclic) bond motifs is 2. The van der Waals surface area contributed by atoms with Crippen molar-refractivity contribution in [3.63, 3.8) is 0 Å². The molecule has 0 unspecified atom stereocenters. The number of H-pyrrole nitrogens is 2. The first-order valence-electron chi connectivity index (χ1n) is 12.0. The average Bonchev–Trinajstić information content (AvgIpc) is 3.50. The fourth-order valence-electron chi connectivity index (χ4n) is 3.54. The molecule has 0 aliphatic rings. The number of hydrogen-bond donors (Lipinski definition) is 4. The predicted octanol–water partition coefficient (Wildman–Crippen LogP) is 4.32. The van der Waals surface area contributed by atoms with E-state index in [2.05, 4.69) is 53.2 Å². The van der Waals surface area contributed by atoms with Crippen molar-refractivity contribution in [1.29, 1.82) is 0 Å². The Bertz CT molecular complexity index is 1900. The molecule has 6 rings (SSSR count). The van der Waals surface area contributed by atoms with E-state index in [1.165, 1.54) is 14.4 Å². The fraction of sp³-hybridized carbons (Fsp3) is 0.143. The lowest BCUT2D eigenvalue weighted by Crippen LogP contribution is -2.29. The molecule has 0 saturated carbocycles. The van der Waals surface area contributed by atoms with Crippen molar-refractivity contribution in [2.24, 2.45) is 0 Å². The van der Waals surface area contributed by atoms with Gasteiger partial charge in [0.15, 0.2) is 11.3 Å². The standard InChI is InChI=1S/C13H11N3O.C7H6BF3O3.C6H4BrN3O.2CH4/c1-9-2-4-10(5-3-9)11-6-7-12-14-15-13(17)16(12)8-11;9-7(10,11)14-6-3-1-5(2-4-6)8(12)13;7-4-1-2-5-8-9-6(11)10(5)3-4;;/h2-8H,1H3,(H,15,17);1-4,12-13H;1-3H,(H,9,11);2*1H4. The molecule has 232 valence electrons. The van der Waals surface area contributed by atoms with E-state index in [1.807, 2.05) is 37.3 Å². The SMILES string of the molecule is C.C.Cc1ccc(-c2ccc3n[nH]c(=O)n3c2)cc1.O=c1[nH]nc2ccc(Br)cn12.OB(O)c1ccc(OC(F)(F)F)cc1. The highest BCUT2D eigenvalue weighted by Crippen LogP contribution is 2.21. The molecule has 2 aromatic carbocycles. The van der Waals surface area contributed by atoms with Crippen LogP contribution in [0.2, 0.25) is 0 Å². The Labute approximate surface area is 257 Å². The van der Waals surface area contributed by atoms with Crippen molar-refractivity contribution in [1.82, 2.24) is 29.2 Å². The number of ether oxygens (including phenoxy) is 1. The van der Waals surface area contributed by atoms with Crippen LogP contribution in [-0.2, 0) is 0 Å². The zero-order chi connectivity index (χ0) is 30.4. The molecule has 0 atom stereocenters. The second kappa shape index (κ2) is 15.2. The second-order valence-corrected chi connectivity index (χ2v) is 9.55. The van der Waals surface area contributed by atoms with E-state index in [-0.39, 0.29) is 31.7 Å². The van der Waals surface area contributed by atoms with Crippen LogP contribution in [0.25, 0.3) is 22.4 Å². The van der Waals surface area contributed by atoms with E-state index < -0.39 is 19.2 Å². The van der Waals surface area contributed by atoms with Crippen molar-refractivity contribution < 1.29 is 28.0 Å². The summed E-state index contributed by atoms with van der Waals surface area (Å²) >= 11 is 3.25. The van der Waals surface area contributed by atoms with Gasteiger partial charge in [-0.1, -0.05) is 56.8 Å². The van der Waals surface area contributed by atoms with E-state index in [4.69, 9.17) is 10.0 Å². The number of aromatic amines is 2. The summed E-state index contributed by atoms with van der Waals surface area (Å²) in [6.45, 7) is 2.05. The van der Waals surface area contributed by atoms with E-state index >= 15 is 0 Å². The van der Waals surface area contributed by atoms with Crippen molar-refractivity contribution in [2.75, 3.05) is 0 Å². The Hall–Kier alpha value is -4.67. The summed E-state index contributed by atoms with van der Waals surface area (Å²) in [6, 6.07) is 19.8. The molecule has 0 bridgehead atoms. The van der Waals surface area contributed by atoms with Gasteiger partial charge in [-0.25, -0.2) is 28.6 Å². The topological polar surface area (TPSA) is 150 Å². The van der Waals surface area contributed by atoms with Crippen LogP contribution in [-0.4, -0.2) is 52.7 Å². The first-order valence-corrected chi connectivity index (χ1v) is 12.8. The van der Waals surface area contributed by atoms with Crippen LogP contribution >= 0.6 is 15.9 Å². The number of halogens is 4. The van der Waals surface area contributed by atoms with Crippen molar-refractivity contribution in [3.8, 4) is 16.9 Å². The summed E-state index contributed by atoms with van der Waals surface area (Å²) in [5.74, 6) is -0.401. The third-order valence-electron chi connectivity index (χ3n) is 5.58. The number of aryl methyl sites for hydroxylation is 1. The summed E-state index contributed by atoms with van der Waals surface area (Å²) in [4.78, 5) is 22.4. The lowest BCUT2D eigenvalue weighted by atomic mass is 9.80. The minimum absolute atomic E-state index is 0. The smallest absolute Gasteiger partial charge is 0.423 e. The van der Waals surface area contributed by atoms with Crippen molar-refractivity contribution in [3.05, 3.63) is 116 Å². The molecule has 0 fully saturated rings. The van der Waals surface area contributed by atoms with Gasteiger partial charge in [-0.15, -0.1) is 13.2 Å². The number of hydrogen-bond acceptors (Lipinski definition) is 7. The number of nitrogens with one attached hydrogen (secondary N) is 2. The third-order valence-corrected chi connectivity index (χ3v) is 6.05. The van der Waals surface area contributed by atoms with E-state index in [0.717, 1.165) is 39.9 Å². The highest BCUT2D eigenvalue weighted by molar-refractivity contribution is 9.10. The molecule has 0 spiro atoms. The Morgan fingerprint density at radius 2 is 1.27 bits per heavy atom. The van der Waals surface area contributed by atoms with Crippen LogP contribution in [0, 0.1) is 6.92 Å². The molecular weight excluding hydrogens is 648 g/mol. The van der Waals surface area contributed by atoms with Gasteiger partial charge >= 0.3 is 24.9 Å². The van der Waals surface area contributed by atoms with Gasteiger partial charge in [0, 0.05) is 16.9 Å². The summed E-state index contributed by atoms with van der Waals surface area (Å²) in [5, 5.41) is 29.7. The molecule has 4 aromatic heterocycles. The van der Waals surface area contributed by atoms with Gasteiger partial charge in [0.1, 0.15) is 5.75 Å². The van der Waals surface area contributed by atoms with Gasteiger partial charge in [-0.05, 0) is 75.8 Å². The van der Waals surface area contributed by atoms with Gasteiger partial charge in [-0.2, -0.15) is 10.2 Å². The first-order chi connectivity index (χ1) is 19.9. The number of aromatic nitrogens is 6.